The first kappa shape index (κ1) is 23.2. The van der Waals surface area contributed by atoms with Crippen LogP contribution in [0.2, 0.25) is 0 Å². The predicted molar refractivity (Wildman–Crippen MR) is 115 cm³/mol. The van der Waals surface area contributed by atoms with Crippen LogP contribution in [0.3, 0.4) is 0 Å². The number of hydrogen-bond donors (Lipinski definition) is 1. The van der Waals surface area contributed by atoms with Gasteiger partial charge in [-0.1, -0.05) is 43.2 Å². The van der Waals surface area contributed by atoms with Crippen LogP contribution in [0.25, 0.3) is 0 Å². The average molecular weight is 432 g/mol. The number of carbonyl (C=O) groups is 3. The van der Waals surface area contributed by atoms with Crippen LogP contribution in [0, 0.1) is 5.92 Å². The maximum atomic E-state index is 12.8. The summed E-state index contributed by atoms with van der Waals surface area (Å²) in [6, 6.07) is 9.53. The third-order valence-electron chi connectivity index (χ3n) is 6.04. The summed E-state index contributed by atoms with van der Waals surface area (Å²) in [6.45, 7) is 1.88. The lowest BCUT2D eigenvalue weighted by Crippen LogP contribution is -2.56. The Morgan fingerprint density at radius 3 is 2.58 bits per heavy atom. The number of carbonyl (C=O) groups excluding carboxylic acids is 3. The van der Waals surface area contributed by atoms with Crippen molar-refractivity contribution < 1.29 is 23.9 Å². The van der Waals surface area contributed by atoms with Gasteiger partial charge in [-0.05, 0) is 18.4 Å². The standard InChI is InChI=1S/C23H33N3O5/c1-30-16-22(28)26-14-13-25(21(27)17-31-15-18-7-3-2-4-8-18)12-11-24-23(29)19-9-5-6-10-20(19)26/h2-4,7-8,19-20H,5-6,9-17H2,1H3,(H,24,29)/t19-,20+/m0/s1. The molecule has 1 aromatic rings. The van der Waals surface area contributed by atoms with Gasteiger partial charge in [0.2, 0.25) is 17.7 Å². The fourth-order valence-electron chi connectivity index (χ4n) is 4.43. The van der Waals surface area contributed by atoms with Gasteiger partial charge >= 0.3 is 0 Å². The van der Waals surface area contributed by atoms with E-state index in [9.17, 15) is 14.4 Å². The quantitative estimate of drug-likeness (QED) is 0.731. The summed E-state index contributed by atoms with van der Waals surface area (Å²) in [6.07, 6.45) is 3.55. The summed E-state index contributed by atoms with van der Waals surface area (Å²) in [5, 5.41) is 2.97. The maximum absolute atomic E-state index is 12.8. The molecule has 3 amide bonds. The molecule has 2 atom stereocenters. The summed E-state index contributed by atoms with van der Waals surface area (Å²) in [7, 11) is 1.49. The van der Waals surface area contributed by atoms with Gasteiger partial charge in [0, 0.05) is 39.3 Å². The van der Waals surface area contributed by atoms with Gasteiger partial charge in [-0.25, -0.2) is 0 Å². The Bertz CT molecular complexity index is 742. The minimum atomic E-state index is -0.203. The molecule has 8 heteroatoms. The van der Waals surface area contributed by atoms with Crippen LogP contribution in [0.15, 0.2) is 30.3 Å². The highest BCUT2D eigenvalue weighted by atomic mass is 16.5. The molecule has 8 nitrogen and oxygen atoms in total. The number of hydrogen-bond acceptors (Lipinski definition) is 5. The van der Waals surface area contributed by atoms with Crippen molar-refractivity contribution in [2.45, 2.75) is 38.3 Å². The molecule has 2 fully saturated rings. The molecule has 0 spiro atoms. The van der Waals surface area contributed by atoms with Gasteiger partial charge in [0.1, 0.15) is 13.2 Å². The minimum Gasteiger partial charge on any atom is -0.375 e. The number of ether oxygens (including phenoxy) is 2. The molecule has 1 saturated carbocycles. The summed E-state index contributed by atoms with van der Waals surface area (Å²) >= 11 is 0. The Hall–Kier alpha value is -2.45. The summed E-state index contributed by atoms with van der Waals surface area (Å²) in [5.74, 6) is -0.522. The van der Waals surface area contributed by atoms with Gasteiger partial charge in [0.25, 0.3) is 0 Å². The molecule has 0 aromatic heterocycles. The van der Waals surface area contributed by atoms with Crippen molar-refractivity contribution in [2.24, 2.45) is 5.92 Å². The molecule has 1 aromatic carbocycles. The Kier molecular flexibility index (Phi) is 8.85. The van der Waals surface area contributed by atoms with Gasteiger partial charge in [-0.3, -0.25) is 14.4 Å². The van der Waals surface area contributed by atoms with Crippen LogP contribution in [0.4, 0.5) is 0 Å². The third-order valence-corrected chi connectivity index (χ3v) is 6.04. The zero-order chi connectivity index (χ0) is 22.1. The second-order valence-corrected chi connectivity index (χ2v) is 8.13. The van der Waals surface area contributed by atoms with Gasteiger partial charge in [0.15, 0.2) is 0 Å². The van der Waals surface area contributed by atoms with Crippen LogP contribution in [0.1, 0.15) is 31.2 Å². The van der Waals surface area contributed by atoms with Crippen molar-refractivity contribution >= 4 is 17.7 Å². The Balaban J connectivity index is 1.64. The summed E-state index contributed by atoms with van der Waals surface area (Å²) in [5.41, 5.74) is 1.00. The van der Waals surface area contributed by atoms with Crippen molar-refractivity contribution in [1.29, 1.82) is 0 Å². The van der Waals surface area contributed by atoms with Crippen LogP contribution in [0.5, 0.6) is 0 Å². The largest absolute Gasteiger partial charge is 0.375 e. The molecular weight excluding hydrogens is 398 g/mol. The lowest BCUT2D eigenvalue weighted by Gasteiger charge is -2.41. The first-order chi connectivity index (χ1) is 15.1. The smallest absolute Gasteiger partial charge is 0.248 e. The fourth-order valence-corrected chi connectivity index (χ4v) is 4.43. The van der Waals surface area contributed by atoms with E-state index in [-0.39, 0.29) is 42.9 Å². The normalized spacial score (nSPS) is 22.4. The van der Waals surface area contributed by atoms with E-state index in [0.29, 0.717) is 32.8 Å². The van der Waals surface area contributed by atoms with Crippen molar-refractivity contribution in [3.63, 3.8) is 0 Å². The van der Waals surface area contributed by atoms with Crippen molar-refractivity contribution in [1.82, 2.24) is 15.1 Å². The second kappa shape index (κ2) is 11.8. The van der Waals surface area contributed by atoms with E-state index in [0.717, 1.165) is 31.2 Å². The zero-order valence-electron chi connectivity index (χ0n) is 18.3. The molecule has 0 unspecified atom stereocenters. The maximum Gasteiger partial charge on any atom is 0.248 e. The molecule has 31 heavy (non-hydrogen) atoms. The Morgan fingerprint density at radius 1 is 1.03 bits per heavy atom. The number of nitrogens with zero attached hydrogens (tertiary/aromatic N) is 2. The average Bonchev–Trinajstić information content (AvgIpc) is 2.79. The highest BCUT2D eigenvalue weighted by Crippen LogP contribution is 2.29. The topological polar surface area (TPSA) is 88.2 Å². The highest BCUT2D eigenvalue weighted by molar-refractivity contribution is 5.83. The monoisotopic (exact) mass is 431 g/mol. The molecule has 1 saturated heterocycles. The van der Waals surface area contributed by atoms with E-state index < -0.39 is 0 Å². The van der Waals surface area contributed by atoms with E-state index in [2.05, 4.69) is 5.32 Å². The molecular formula is C23H33N3O5. The van der Waals surface area contributed by atoms with Crippen LogP contribution >= 0.6 is 0 Å². The first-order valence-electron chi connectivity index (χ1n) is 11.1. The molecule has 0 radical (unpaired) electrons. The van der Waals surface area contributed by atoms with Crippen LogP contribution in [-0.2, 0) is 30.5 Å². The molecule has 1 aliphatic heterocycles. The zero-order valence-corrected chi connectivity index (χ0v) is 18.3. The van der Waals surface area contributed by atoms with E-state index in [1.807, 2.05) is 30.3 Å². The molecule has 3 rings (SSSR count). The van der Waals surface area contributed by atoms with E-state index in [1.165, 1.54) is 7.11 Å². The molecule has 0 bridgehead atoms. The van der Waals surface area contributed by atoms with Gasteiger partial charge in [0.05, 0.1) is 12.5 Å². The lowest BCUT2D eigenvalue weighted by atomic mass is 9.82. The number of benzene rings is 1. The Labute approximate surface area is 183 Å². The predicted octanol–water partition coefficient (Wildman–Crippen LogP) is 1.20. The highest BCUT2D eigenvalue weighted by Gasteiger charge is 2.37. The molecule has 170 valence electrons. The van der Waals surface area contributed by atoms with Crippen LogP contribution in [-0.4, -0.2) is 80.1 Å². The fraction of sp³-hybridized carbons (Fsp3) is 0.609. The first-order valence-corrected chi connectivity index (χ1v) is 11.1. The van der Waals surface area contributed by atoms with Gasteiger partial charge < -0.3 is 24.6 Å². The number of fused-ring (bicyclic) bond motifs is 1. The number of nitrogens with one attached hydrogen (secondary N) is 1. The van der Waals surface area contributed by atoms with E-state index in [1.54, 1.807) is 9.80 Å². The number of rotatable bonds is 6. The van der Waals surface area contributed by atoms with Crippen molar-refractivity contribution in [2.75, 3.05) is 46.5 Å². The second-order valence-electron chi connectivity index (χ2n) is 8.13. The van der Waals surface area contributed by atoms with Crippen molar-refractivity contribution in [3.05, 3.63) is 35.9 Å². The number of methoxy groups -OCH3 is 1. The Morgan fingerprint density at radius 2 is 1.81 bits per heavy atom. The van der Waals surface area contributed by atoms with Crippen molar-refractivity contribution in [3.8, 4) is 0 Å². The third kappa shape index (κ3) is 6.51. The van der Waals surface area contributed by atoms with Gasteiger partial charge in [-0.15, -0.1) is 0 Å². The van der Waals surface area contributed by atoms with Crippen LogP contribution < -0.4 is 5.32 Å². The SMILES string of the molecule is COCC(=O)N1CCN(C(=O)COCc2ccccc2)CCNC(=O)[C@H]2CCCC[C@H]21. The summed E-state index contributed by atoms with van der Waals surface area (Å²) in [4.78, 5) is 41.8. The number of amides is 3. The molecule has 2 aliphatic rings. The molecule has 1 N–H and O–H groups in total. The lowest BCUT2D eigenvalue weighted by molar-refractivity contribution is -0.145. The van der Waals surface area contributed by atoms with E-state index >= 15 is 0 Å². The molecule has 1 aliphatic carbocycles. The summed E-state index contributed by atoms with van der Waals surface area (Å²) < 4.78 is 10.7. The van der Waals surface area contributed by atoms with Gasteiger partial charge in [-0.2, -0.15) is 0 Å². The molecule has 1 heterocycles. The minimum absolute atomic E-state index is 0.0288. The van der Waals surface area contributed by atoms with E-state index in [4.69, 9.17) is 9.47 Å².